The molecule has 3 unspecified atom stereocenters. The number of rotatable bonds is 7. The van der Waals surface area contributed by atoms with E-state index in [9.17, 15) is 4.79 Å². The van der Waals surface area contributed by atoms with Gasteiger partial charge in [0.25, 0.3) is 0 Å². The maximum Gasteiger partial charge on any atom is 0.160 e. The fourth-order valence-electron chi connectivity index (χ4n) is 4.65. The summed E-state index contributed by atoms with van der Waals surface area (Å²) < 4.78 is 1.11. The van der Waals surface area contributed by atoms with Crippen LogP contribution in [-0.2, 0) is 4.79 Å². The number of benzene rings is 1. The maximum atomic E-state index is 13.5. The Balaban J connectivity index is 1.46. The normalized spacial score (nSPS) is 23.8. The van der Waals surface area contributed by atoms with Gasteiger partial charge in [0, 0.05) is 47.2 Å². The molecule has 7 heteroatoms. The fraction of sp³-hybridized carbons (Fsp3) is 0.435. The number of piperazine rings is 1. The summed E-state index contributed by atoms with van der Waals surface area (Å²) in [5.41, 5.74) is 1.28. The van der Waals surface area contributed by atoms with Crippen molar-refractivity contribution in [1.29, 1.82) is 5.26 Å². The topological polar surface area (TPSA) is 69.0 Å². The number of pyridine rings is 1. The summed E-state index contributed by atoms with van der Waals surface area (Å²) in [6.07, 6.45) is 3.99. The number of aromatic nitrogens is 1. The molecule has 2 aliphatic rings. The van der Waals surface area contributed by atoms with Crippen LogP contribution in [0.2, 0.25) is 0 Å². The van der Waals surface area contributed by atoms with E-state index in [1.807, 2.05) is 23.9 Å². The standard InChI is InChI=1S/C23H25BrN4OS/c1-16(19-4-2-3-5-20(19)24)30-11-9-21(29)23-10-8-18(14-26-15-23)28(23)22-7-6-17(12-25)13-27-22/h2-7,13,16,18,26H,8-11,14-15H2,1H3. The molecule has 2 bridgehead atoms. The van der Waals surface area contributed by atoms with Crippen LogP contribution in [0.25, 0.3) is 0 Å². The second kappa shape index (κ2) is 9.09. The fourth-order valence-corrected chi connectivity index (χ4v) is 6.47. The van der Waals surface area contributed by atoms with Crippen molar-refractivity contribution < 1.29 is 4.79 Å². The van der Waals surface area contributed by atoms with Crippen LogP contribution < -0.4 is 10.2 Å². The van der Waals surface area contributed by atoms with E-state index in [4.69, 9.17) is 5.26 Å². The molecular formula is C23H25BrN4OS. The predicted octanol–water partition coefficient (Wildman–Crippen LogP) is 4.48. The third-order valence-electron chi connectivity index (χ3n) is 6.20. The van der Waals surface area contributed by atoms with Crippen molar-refractivity contribution in [2.75, 3.05) is 23.7 Å². The van der Waals surface area contributed by atoms with Crippen molar-refractivity contribution in [3.05, 3.63) is 58.2 Å². The molecule has 2 aliphatic heterocycles. The van der Waals surface area contributed by atoms with Crippen LogP contribution in [0.5, 0.6) is 0 Å². The Bertz CT molecular complexity index is 956. The lowest BCUT2D eigenvalue weighted by Gasteiger charge is -2.45. The van der Waals surface area contributed by atoms with E-state index in [0.717, 1.165) is 35.4 Å². The lowest BCUT2D eigenvalue weighted by atomic mass is 9.88. The average Bonchev–Trinajstić information content (AvgIpc) is 2.99. The third kappa shape index (κ3) is 4.01. The molecule has 3 heterocycles. The summed E-state index contributed by atoms with van der Waals surface area (Å²) in [6.45, 7) is 3.72. The highest BCUT2D eigenvalue weighted by Crippen LogP contribution is 2.41. The average molecular weight is 485 g/mol. The molecule has 5 nitrogen and oxygen atoms in total. The van der Waals surface area contributed by atoms with Gasteiger partial charge in [-0.1, -0.05) is 34.1 Å². The Labute approximate surface area is 190 Å². The van der Waals surface area contributed by atoms with Gasteiger partial charge in [0.2, 0.25) is 0 Å². The Morgan fingerprint density at radius 2 is 2.27 bits per heavy atom. The predicted molar refractivity (Wildman–Crippen MR) is 125 cm³/mol. The number of fused-ring (bicyclic) bond motifs is 2. The van der Waals surface area contributed by atoms with Gasteiger partial charge in [-0.05, 0) is 43.5 Å². The smallest absolute Gasteiger partial charge is 0.160 e. The molecule has 0 radical (unpaired) electrons. The molecule has 4 rings (SSSR count). The second-order valence-electron chi connectivity index (χ2n) is 7.95. The van der Waals surface area contributed by atoms with Gasteiger partial charge in [-0.2, -0.15) is 17.0 Å². The molecular weight excluding hydrogens is 460 g/mol. The zero-order valence-electron chi connectivity index (χ0n) is 17.0. The highest BCUT2D eigenvalue weighted by Gasteiger charge is 2.53. The Kier molecular flexibility index (Phi) is 6.47. The number of nitriles is 1. The highest BCUT2D eigenvalue weighted by molar-refractivity contribution is 9.10. The number of halogens is 1. The largest absolute Gasteiger partial charge is 0.338 e. The van der Waals surface area contributed by atoms with E-state index in [0.29, 0.717) is 23.8 Å². The van der Waals surface area contributed by atoms with Crippen molar-refractivity contribution in [2.24, 2.45) is 0 Å². The first-order valence-electron chi connectivity index (χ1n) is 10.3. The van der Waals surface area contributed by atoms with Gasteiger partial charge >= 0.3 is 0 Å². The SMILES string of the molecule is CC(SCCC(=O)C12CCC(CNC1)N2c1ccc(C#N)cn1)c1ccccc1Br. The number of nitrogens with one attached hydrogen (secondary N) is 1. The minimum absolute atomic E-state index is 0.273. The summed E-state index contributed by atoms with van der Waals surface area (Å²) in [4.78, 5) is 20.2. The zero-order valence-corrected chi connectivity index (χ0v) is 19.4. The number of carbonyl (C=O) groups excluding carboxylic acids is 1. The number of anilines is 1. The molecule has 1 aromatic carbocycles. The van der Waals surface area contributed by atoms with Gasteiger partial charge in [0.05, 0.1) is 5.56 Å². The van der Waals surface area contributed by atoms with E-state index in [-0.39, 0.29) is 11.8 Å². The molecule has 30 heavy (non-hydrogen) atoms. The van der Waals surface area contributed by atoms with Crippen LogP contribution in [0.3, 0.4) is 0 Å². The molecule has 2 saturated heterocycles. The van der Waals surface area contributed by atoms with Crippen LogP contribution in [0.4, 0.5) is 5.82 Å². The first-order valence-corrected chi connectivity index (χ1v) is 12.1. The Morgan fingerprint density at radius 1 is 1.43 bits per heavy atom. The molecule has 0 aliphatic carbocycles. The van der Waals surface area contributed by atoms with Gasteiger partial charge in [0.15, 0.2) is 5.78 Å². The van der Waals surface area contributed by atoms with E-state index < -0.39 is 5.54 Å². The van der Waals surface area contributed by atoms with Crippen LogP contribution in [-0.4, -0.2) is 41.2 Å². The molecule has 156 valence electrons. The summed E-state index contributed by atoms with van der Waals surface area (Å²) in [5, 5.41) is 12.9. The second-order valence-corrected chi connectivity index (χ2v) is 10.3. The summed E-state index contributed by atoms with van der Waals surface area (Å²) in [6, 6.07) is 14.3. The summed E-state index contributed by atoms with van der Waals surface area (Å²) >= 11 is 5.45. The maximum absolute atomic E-state index is 13.5. The van der Waals surface area contributed by atoms with Crippen molar-refractivity contribution in [3.8, 4) is 6.07 Å². The summed E-state index contributed by atoms with van der Waals surface area (Å²) in [5.74, 6) is 1.89. The zero-order chi connectivity index (χ0) is 21.1. The molecule has 1 aromatic heterocycles. The third-order valence-corrected chi connectivity index (χ3v) is 8.11. The van der Waals surface area contributed by atoms with Crippen LogP contribution in [0.15, 0.2) is 47.1 Å². The number of hydrogen-bond donors (Lipinski definition) is 1. The molecule has 0 spiro atoms. The quantitative estimate of drug-likeness (QED) is 0.624. The van der Waals surface area contributed by atoms with E-state index in [2.05, 4.69) is 62.3 Å². The number of nitrogens with zero attached hydrogens (tertiary/aromatic N) is 3. The summed E-state index contributed by atoms with van der Waals surface area (Å²) in [7, 11) is 0. The van der Waals surface area contributed by atoms with E-state index >= 15 is 0 Å². The molecule has 2 aromatic rings. The minimum Gasteiger partial charge on any atom is -0.338 e. The number of hydrogen-bond acceptors (Lipinski definition) is 6. The van der Waals surface area contributed by atoms with Gasteiger partial charge in [0.1, 0.15) is 17.4 Å². The van der Waals surface area contributed by atoms with Crippen LogP contribution in [0, 0.1) is 11.3 Å². The lowest BCUT2D eigenvalue weighted by Crippen LogP contribution is -2.64. The highest BCUT2D eigenvalue weighted by atomic mass is 79.9. The first kappa shape index (κ1) is 21.4. The number of Topliss-reactive ketones (excluding diaryl/α,β-unsaturated/α-hetero) is 1. The van der Waals surface area contributed by atoms with Crippen molar-refractivity contribution in [1.82, 2.24) is 10.3 Å². The molecule has 0 amide bonds. The monoisotopic (exact) mass is 484 g/mol. The Hall–Kier alpha value is -1.88. The van der Waals surface area contributed by atoms with Crippen LogP contribution >= 0.6 is 27.7 Å². The van der Waals surface area contributed by atoms with E-state index in [1.165, 1.54) is 5.56 Å². The van der Waals surface area contributed by atoms with Gasteiger partial charge in [-0.15, -0.1) is 0 Å². The number of thioether (sulfide) groups is 1. The molecule has 2 fully saturated rings. The number of ketones is 1. The minimum atomic E-state index is -0.527. The van der Waals surface area contributed by atoms with Gasteiger partial charge in [-0.25, -0.2) is 4.98 Å². The lowest BCUT2D eigenvalue weighted by molar-refractivity contribution is -0.123. The van der Waals surface area contributed by atoms with Crippen molar-refractivity contribution in [3.63, 3.8) is 0 Å². The van der Waals surface area contributed by atoms with Crippen molar-refractivity contribution >= 4 is 39.3 Å². The van der Waals surface area contributed by atoms with Gasteiger partial charge in [-0.3, -0.25) is 4.79 Å². The van der Waals surface area contributed by atoms with Gasteiger partial charge < -0.3 is 10.2 Å². The first-order chi connectivity index (χ1) is 14.5. The van der Waals surface area contributed by atoms with Crippen LogP contribution in [0.1, 0.15) is 42.6 Å². The Morgan fingerprint density at radius 3 is 3.00 bits per heavy atom. The molecule has 0 saturated carbocycles. The molecule has 1 N–H and O–H groups in total. The van der Waals surface area contributed by atoms with Crippen molar-refractivity contribution in [2.45, 2.75) is 43.0 Å². The molecule has 3 atom stereocenters. The number of carbonyl (C=O) groups is 1. The van der Waals surface area contributed by atoms with E-state index in [1.54, 1.807) is 12.3 Å².